The van der Waals surface area contributed by atoms with Gasteiger partial charge in [0, 0.05) is 12.0 Å². The zero-order chi connectivity index (χ0) is 17.1. The van der Waals surface area contributed by atoms with E-state index in [0.29, 0.717) is 12.3 Å². The van der Waals surface area contributed by atoms with E-state index in [-0.39, 0.29) is 5.91 Å². The summed E-state index contributed by atoms with van der Waals surface area (Å²) in [5.74, 6) is 1.26. The molecule has 1 amide bonds. The van der Waals surface area contributed by atoms with Crippen LogP contribution in [-0.4, -0.2) is 15.7 Å². The second-order valence-electron chi connectivity index (χ2n) is 6.54. The first-order valence-corrected chi connectivity index (χ1v) is 9.70. The SMILES string of the molecule is O=C(Cc1ccsc1)Nc1cc(C2CCCC2)nn1-c1ccccc1. The molecule has 25 heavy (non-hydrogen) atoms. The van der Waals surface area contributed by atoms with Crippen LogP contribution < -0.4 is 5.32 Å². The van der Waals surface area contributed by atoms with Crippen molar-refractivity contribution in [3.63, 3.8) is 0 Å². The molecule has 0 saturated heterocycles. The molecule has 0 aliphatic heterocycles. The number of hydrogen-bond donors (Lipinski definition) is 1. The Kier molecular flexibility index (Phi) is 4.65. The van der Waals surface area contributed by atoms with Crippen LogP contribution in [0.1, 0.15) is 42.9 Å². The molecule has 1 aliphatic carbocycles. The minimum Gasteiger partial charge on any atom is -0.310 e. The van der Waals surface area contributed by atoms with Crippen molar-refractivity contribution in [3.8, 4) is 5.69 Å². The van der Waals surface area contributed by atoms with Crippen LogP contribution in [0, 0.1) is 0 Å². The summed E-state index contributed by atoms with van der Waals surface area (Å²) in [4.78, 5) is 12.4. The molecule has 1 aliphatic rings. The number of carbonyl (C=O) groups is 1. The van der Waals surface area contributed by atoms with Crippen LogP contribution in [0.3, 0.4) is 0 Å². The van der Waals surface area contributed by atoms with Crippen molar-refractivity contribution in [1.82, 2.24) is 9.78 Å². The molecular weight excluding hydrogens is 330 g/mol. The van der Waals surface area contributed by atoms with E-state index in [1.807, 2.05) is 51.8 Å². The fourth-order valence-electron chi connectivity index (χ4n) is 3.44. The topological polar surface area (TPSA) is 46.9 Å². The van der Waals surface area contributed by atoms with E-state index < -0.39 is 0 Å². The fraction of sp³-hybridized carbons (Fsp3) is 0.300. The zero-order valence-electron chi connectivity index (χ0n) is 14.0. The van der Waals surface area contributed by atoms with Crippen molar-refractivity contribution >= 4 is 23.1 Å². The molecule has 1 saturated carbocycles. The number of aromatic nitrogens is 2. The summed E-state index contributed by atoms with van der Waals surface area (Å²) in [6.07, 6.45) is 5.30. The summed E-state index contributed by atoms with van der Waals surface area (Å²) >= 11 is 1.61. The third-order valence-electron chi connectivity index (χ3n) is 4.71. The first kappa shape index (κ1) is 16.1. The number of thiophene rings is 1. The highest BCUT2D eigenvalue weighted by molar-refractivity contribution is 7.08. The van der Waals surface area contributed by atoms with Gasteiger partial charge in [0.05, 0.1) is 17.8 Å². The monoisotopic (exact) mass is 351 g/mol. The highest BCUT2D eigenvalue weighted by Crippen LogP contribution is 2.35. The molecule has 1 N–H and O–H groups in total. The van der Waals surface area contributed by atoms with Gasteiger partial charge in [-0.2, -0.15) is 16.4 Å². The van der Waals surface area contributed by atoms with Crippen LogP contribution in [0.2, 0.25) is 0 Å². The van der Waals surface area contributed by atoms with Crippen molar-refractivity contribution in [2.45, 2.75) is 38.0 Å². The number of hydrogen-bond acceptors (Lipinski definition) is 3. The van der Waals surface area contributed by atoms with Crippen LogP contribution in [0.15, 0.2) is 53.2 Å². The molecule has 0 atom stereocenters. The average molecular weight is 351 g/mol. The van der Waals surface area contributed by atoms with Crippen LogP contribution in [0.4, 0.5) is 5.82 Å². The smallest absolute Gasteiger partial charge is 0.229 e. The number of anilines is 1. The Morgan fingerprint density at radius 3 is 2.72 bits per heavy atom. The largest absolute Gasteiger partial charge is 0.310 e. The molecule has 0 bridgehead atoms. The number of nitrogens with zero attached hydrogens (tertiary/aromatic N) is 2. The lowest BCUT2D eigenvalue weighted by molar-refractivity contribution is -0.115. The van der Waals surface area contributed by atoms with E-state index in [2.05, 4.69) is 11.4 Å². The van der Waals surface area contributed by atoms with Gasteiger partial charge in [-0.25, -0.2) is 4.68 Å². The lowest BCUT2D eigenvalue weighted by Gasteiger charge is -2.08. The van der Waals surface area contributed by atoms with E-state index in [1.165, 1.54) is 25.7 Å². The lowest BCUT2D eigenvalue weighted by Crippen LogP contribution is -2.16. The number of nitrogens with one attached hydrogen (secondary N) is 1. The standard InChI is InChI=1S/C20H21N3OS/c24-20(12-15-10-11-25-14-15)21-19-13-18(16-6-4-5-7-16)22-23(19)17-8-2-1-3-9-17/h1-3,8-11,13-14,16H,4-7,12H2,(H,21,24). The Bertz CT molecular complexity index is 833. The van der Waals surface area contributed by atoms with Gasteiger partial charge in [0.15, 0.2) is 0 Å². The predicted molar refractivity (Wildman–Crippen MR) is 101 cm³/mol. The van der Waals surface area contributed by atoms with E-state index in [4.69, 9.17) is 5.10 Å². The van der Waals surface area contributed by atoms with Crippen molar-refractivity contribution in [3.05, 3.63) is 64.5 Å². The summed E-state index contributed by atoms with van der Waals surface area (Å²) in [6, 6.07) is 14.0. The van der Waals surface area contributed by atoms with Crippen LogP contribution in [-0.2, 0) is 11.2 Å². The van der Waals surface area contributed by atoms with E-state index in [0.717, 1.165) is 22.8 Å². The minimum absolute atomic E-state index is 0.00606. The van der Waals surface area contributed by atoms with Gasteiger partial charge in [-0.05, 0) is 47.4 Å². The Morgan fingerprint density at radius 1 is 1.20 bits per heavy atom. The predicted octanol–water partition coefficient (Wildman–Crippen LogP) is 4.77. The molecular formula is C20H21N3OS. The maximum absolute atomic E-state index is 12.4. The van der Waals surface area contributed by atoms with Crippen LogP contribution in [0.5, 0.6) is 0 Å². The van der Waals surface area contributed by atoms with Crippen LogP contribution in [0.25, 0.3) is 5.69 Å². The Balaban J connectivity index is 1.61. The highest BCUT2D eigenvalue weighted by Gasteiger charge is 2.22. The molecule has 128 valence electrons. The fourth-order valence-corrected chi connectivity index (χ4v) is 4.11. The molecule has 2 heterocycles. The van der Waals surface area contributed by atoms with Crippen molar-refractivity contribution < 1.29 is 4.79 Å². The lowest BCUT2D eigenvalue weighted by atomic mass is 10.0. The molecule has 4 rings (SSSR count). The van der Waals surface area contributed by atoms with Gasteiger partial charge in [-0.15, -0.1) is 0 Å². The first-order valence-electron chi connectivity index (χ1n) is 8.76. The van der Waals surface area contributed by atoms with Gasteiger partial charge in [-0.1, -0.05) is 31.0 Å². The molecule has 1 fully saturated rings. The second-order valence-corrected chi connectivity index (χ2v) is 7.32. The second kappa shape index (κ2) is 7.23. The van der Waals surface area contributed by atoms with Gasteiger partial charge in [0.2, 0.25) is 5.91 Å². The average Bonchev–Trinajstić information content (AvgIpc) is 3.37. The summed E-state index contributed by atoms with van der Waals surface area (Å²) in [5.41, 5.74) is 3.11. The van der Waals surface area contributed by atoms with Gasteiger partial charge >= 0.3 is 0 Å². The van der Waals surface area contributed by atoms with Crippen molar-refractivity contribution in [2.24, 2.45) is 0 Å². The van der Waals surface area contributed by atoms with Gasteiger partial charge < -0.3 is 5.32 Å². The van der Waals surface area contributed by atoms with Gasteiger partial charge in [0.25, 0.3) is 0 Å². The van der Waals surface area contributed by atoms with Gasteiger partial charge in [0.1, 0.15) is 5.82 Å². The normalized spacial score (nSPS) is 14.7. The number of para-hydroxylation sites is 1. The van der Waals surface area contributed by atoms with E-state index >= 15 is 0 Å². The van der Waals surface area contributed by atoms with E-state index in [1.54, 1.807) is 11.3 Å². The Labute approximate surface area is 151 Å². The molecule has 2 aromatic heterocycles. The minimum atomic E-state index is -0.00606. The molecule has 1 aromatic carbocycles. The highest BCUT2D eigenvalue weighted by atomic mass is 32.1. The molecule has 0 spiro atoms. The quantitative estimate of drug-likeness (QED) is 0.719. The van der Waals surface area contributed by atoms with Crippen molar-refractivity contribution in [2.75, 3.05) is 5.32 Å². The number of amides is 1. The molecule has 5 heteroatoms. The zero-order valence-corrected chi connectivity index (χ0v) is 14.8. The van der Waals surface area contributed by atoms with E-state index in [9.17, 15) is 4.79 Å². The maximum atomic E-state index is 12.4. The maximum Gasteiger partial charge on any atom is 0.229 e. The molecule has 0 radical (unpaired) electrons. The summed E-state index contributed by atoms with van der Waals surface area (Å²) in [7, 11) is 0. The summed E-state index contributed by atoms with van der Waals surface area (Å²) in [5, 5.41) is 11.9. The van der Waals surface area contributed by atoms with Gasteiger partial charge in [-0.3, -0.25) is 4.79 Å². The third-order valence-corrected chi connectivity index (χ3v) is 5.45. The Morgan fingerprint density at radius 2 is 2.00 bits per heavy atom. The summed E-state index contributed by atoms with van der Waals surface area (Å²) in [6.45, 7) is 0. The molecule has 3 aromatic rings. The third kappa shape index (κ3) is 3.66. The number of carbonyl (C=O) groups excluding carboxylic acids is 1. The molecule has 4 nitrogen and oxygen atoms in total. The van der Waals surface area contributed by atoms with Crippen LogP contribution >= 0.6 is 11.3 Å². The summed E-state index contributed by atoms with van der Waals surface area (Å²) < 4.78 is 1.86. The number of benzene rings is 1. The first-order chi connectivity index (χ1) is 12.3. The van der Waals surface area contributed by atoms with Crippen molar-refractivity contribution in [1.29, 1.82) is 0 Å². The Hall–Kier alpha value is -2.40. The number of rotatable bonds is 5. The molecule has 0 unspecified atom stereocenters.